The van der Waals surface area contributed by atoms with Crippen molar-refractivity contribution in [2.45, 2.75) is 37.6 Å². The first-order chi connectivity index (χ1) is 9.25. The Balaban J connectivity index is 2.54. The van der Waals surface area contributed by atoms with Gasteiger partial charge in [0, 0.05) is 11.0 Å². The van der Waals surface area contributed by atoms with Crippen LogP contribution in [0.2, 0.25) is 0 Å². The topological polar surface area (TPSA) is 74.7 Å². The minimum Gasteiger partial charge on any atom is -0.480 e. The normalized spacial score (nSPS) is 20.2. The van der Waals surface area contributed by atoms with Crippen LogP contribution < -0.4 is 0 Å². The van der Waals surface area contributed by atoms with Crippen LogP contribution in [0, 0.1) is 13.8 Å². The highest BCUT2D eigenvalue weighted by Crippen LogP contribution is 2.31. The number of aliphatic carboxylic acids is 1. The molecule has 1 aromatic carbocycles. The fourth-order valence-corrected chi connectivity index (χ4v) is 5.45. The minimum absolute atomic E-state index is 0.217. The highest BCUT2D eigenvalue weighted by Gasteiger charge is 2.40. The summed E-state index contributed by atoms with van der Waals surface area (Å²) in [5, 5.41) is 9.16. The van der Waals surface area contributed by atoms with Gasteiger partial charge in [-0.25, -0.2) is 8.42 Å². The van der Waals surface area contributed by atoms with Gasteiger partial charge in [0.2, 0.25) is 10.0 Å². The lowest BCUT2D eigenvalue weighted by Gasteiger charge is -2.23. The van der Waals surface area contributed by atoms with Crippen LogP contribution in [0.3, 0.4) is 0 Å². The van der Waals surface area contributed by atoms with Gasteiger partial charge in [0.15, 0.2) is 0 Å². The van der Waals surface area contributed by atoms with E-state index in [1.54, 1.807) is 26.0 Å². The second-order valence-electron chi connectivity index (χ2n) is 4.98. The second-order valence-corrected chi connectivity index (χ2v) is 7.72. The van der Waals surface area contributed by atoms with Crippen LogP contribution in [0.5, 0.6) is 0 Å². The summed E-state index contributed by atoms with van der Waals surface area (Å²) < 4.78 is 27.4. The van der Waals surface area contributed by atoms with Gasteiger partial charge in [0.25, 0.3) is 0 Å². The molecule has 2 rings (SSSR count). The zero-order chi connectivity index (χ0) is 15.1. The molecule has 0 spiro atoms. The highest BCUT2D eigenvalue weighted by atomic mass is 79.9. The van der Waals surface area contributed by atoms with Gasteiger partial charge < -0.3 is 5.11 Å². The van der Waals surface area contributed by atoms with Crippen molar-refractivity contribution >= 4 is 31.9 Å². The van der Waals surface area contributed by atoms with Crippen molar-refractivity contribution in [3.63, 3.8) is 0 Å². The van der Waals surface area contributed by atoms with Gasteiger partial charge in [0.1, 0.15) is 6.04 Å². The predicted molar refractivity (Wildman–Crippen MR) is 78.2 cm³/mol. The van der Waals surface area contributed by atoms with Crippen molar-refractivity contribution in [3.8, 4) is 0 Å². The van der Waals surface area contributed by atoms with E-state index >= 15 is 0 Å². The minimum atomic E-state index is -3.78. The Labute approximate surface area is 126 Å². The summed E-state index contributed by atoms with van der Waals surface area (Å²) in [6.45, 7) is 3.70. The number of carboxylic acid groups (broad SMARTS) is 1. The molecular formula is C13H16BrNO4S. The van der Waals surface area contributed by atoms with Crippen LogP contribution in [0.25, 0.3) is 0 Å². The summed E-state index contributed by atoms with van der Waals surface area (Å²) in [6, 6.07) is 2.50. The first-order valence-electron chi connectivity index (χ1n) is 6.26. The maximum atomic E-state index is 12.7. The molecule has 20 heavy (non-hydrogen) atoms. The van der Waals surface area contributed by atoms with Gasteiger partial charge in [-0.15, -0.1) is 0 Å². The van der Waals surface area contributed by atoms with E-state index in [0.717, 1.165) is 8.78 Å². The molecule has 5 nitrogen and oxygen atoms in total. The SMILES string of the molecule is Cc1cc(Br)cc(C)c1S(=O)(=O)N1CCCC1C(=O)O. The number of halogens is 1. The van der Waals surface area contributed by atoms with Crippen molar-refractivity contribution in [1.29, 1.82) is 0 Å². The molecule has 0 aliphatic carbocycles. The molecule has 1 atom stereocenters. The Morgan fingerprint density at radius 2 is 1.90 bits per heavy atom. The summed E-state index contributed by atoms with van der Waals surface area (Å²) >= 11 is 3.33. The molecular weight excluding hydrogens is 346 g/mol. The van der Waals surface area contributed by atoms with Crippen molar-refractivity contribution in [2.75, 3.05) is 6.54 Å². The number of sulfonamides is 1. The lowest BCUT2D eigenvalue weighted by molar-refractivity contribution is -0.140. The van der Waals surface area contributed by atoms with Crippen LogP contribution in [-0.4, -0.2) is 36.4 Å². The van der Waals surface area contributed by atoms with Gasteiger partial charge in [-0.1, -0.05) is 15.9 Å². The van der Waals surface area contributed by atoms with Crippen molar-refractivity contribution in [1.82, 2.24) is 4.31 Å². The average Bonchev–Trinajstić information content (AvgIpc) is 2.75. The molecule has 1 aliphatic heterocycles. The molecule has 1 heterocycles. The number of aryl methyl sites for hydroxylation is 2. The fraction of sp³-hybridized carbons (Fsp3) is 0.462. The monoisotopic (exact) mass is 361 g/mol. The molecule has 0 saturated carbocycles. The van der Waals surface area contributed by atoms with Crippen molar-refractivity contribution in [3.05, 3.63) is 27.7 Å². The molecule has 7 heteroatoms. The van der Waals surface area contributed by atoms with Gasteiger partial charge >= 0.3 is 5.97 Å². The summed E-state index contributed by atoms with van der Waals surface area (Å²) in [7, 11) is -3.78. The molecule has 110 valence electrons. The van der Waals surface area contributed by atoms with Crippen LogP contribution in [0.1, 0.15) is 24.0 Å². The Morgan fingerprint density at radius 3 is 2.40 bits per heavy atom. The number of rotatable bonds is 3. The first-order valence-corrected chi connectivity index (χ1v) is 8.50. The van der Waals surface area contributed by atoms with E-state index in [1.807, 2.05) is 0 Å². The summed E-state index contributed by atoms with van der Waals surface area (Å²) in [6.07, 6.45) is 0.938. The number of hydrogen-bond donors (Lipinski definition) is 1. The van der Waals surface area contributed by atoms with E-state index in [4.69, 9.17) is 5.11 Å². The maximum Gasteiger partial charge on any atom is 0.322 e. The zero-order valence-electron chi connectivity index (χ0n) is 11.3. The third kappa shape index (κ3) is 2.62. The quantitative estimate of drug-likeness (QED) is 0.896. The van der Waals surface area contributed by atoms with E-state index in [1.165, 1.54) is 0 Å². The van der Waals surface area contributed by atoms with Gasteiger partial charge in [0.05, 0.1) is 4.90 Å². The average molecular weight is 362 g/mol. The lowest BCUT2D eigenvalue weighted by atomic mass is 10.2. The van der Waals surface area contributed by atoms with E-state index < -0.39 is 22.0 Å². The zero-order valence-corrected chi connectivity index (χ0v) is 13.7. The van der Waals surface area contributed by atoms with Gasteiger partial charge in [-0.3, -0.25) is 4.79 Å². The Kier molecular flexibility index (Phi) is 4.22. The van der Waals surface area contributed by atoms with Crippen molar-refractivity contribution < 1.29 is 18.3 Å². The molecule has 1 aliphatic rings. The van der Waals surface area contributed by atoms with Crippen LogP contribution in [-0.2, 0) is 14.8 Å². The maximum absolute atomic E-state index is 12.7. The van der Waals surface area contributed by atoms with Gasteiger partial charge in [-0.05, 0) is 49.9 Å². The van der Waals surface area contributed by atoms with E-state index in [9.17, 15) is 13.2 Å². The summed E-state index contributed by atoms with van der Waals surface area (Å²) in [4.78, 5) is 11.4. The standard InChI is InChI=1S/C13H16BrNO4S/c1-8-6-10(14)7-9(2)12(8)20(18,19)15-5-3-4-11(15)13(16)17/h6-7,11H,3-5H2,1-2H3,(H,16,17). The Bertz CT molecular complexity index is 633. The number of hydrogen-bond acceptors (Lipinski definition) is 3. The Hall–Kier alpha value is -0.920. The molecule has 1 aromatic rings. The third-order valence-electron chi connectivity index (χ3n) is 3.48. The van der Waals surface area contributed by atoms with Crippen LogP contribution in [0.4, 0.5) is 0 Å². The molecule has 1 fully saturated rings. The molecule has 1 N–H and O–H groups in total. The first kappa shape index (κ1) is 15.5. The Morgan fingerprint density at radius 1 is 1.35 bits per heavy atom. The van der Waals surface area contributed by atoms with Crippen LogP contribution >= 0.6 is 15.9 Å². The largest absolute Gasteiger partial charge is 0.480 e. The highest BCUT2D eigenvalue weighted by molar-refractivity contribution is 9.10. The molecule has 1 unspecified atom stereocenters. The second kappa shape index (κ2) is 5.46. The number of carbonyl (C=O) groups is 1. The van der Waals surface area contributed by atoms with E-state index in [2.05, 4.69) is 15.9 Å². The molecule has 0 aromatic heterocycles. The summed E-state index contributed by atoms with van der Waals surface area (Å²) in [5.41, 5.74) is 1.24. The lowest BCUT2D eigenvalue weighted by Crippen LogP contribution is -2.40. The van der Waals surface area contributed by atoms with E-state index in [-0.39, 0.29) is 11.4 Å². The molecule has 1 saturated heterocycles. The third-order valence-corrected chi connectivity index (χ3v) is 6.15. The van der Waals surface area contributed by atoms with Crippen molar-refractivity contribution in [2.24, 2.45) is 0 Å². The van der Waals surface area contributed by atoms with Crippen LogP contribution in [0.15, 0.2) is 21.5 Å². The fourth-order valence-electron chi connectivity index (χ4n) is 2.70. The van der Waals surface area contributed by atoms with E-state index in [0.29, 0.717) is 24.0 Å². The predicted octanol–water partition coefficient (Wildman–Crippen LogP) is 2.30. The molecule has 0 bridgehead atoms. The number of benzene rings is 1. The summed E-state index contributed by atoms with van der Waals surface area (Å²) in [5.74, 6) is -1.08. The molecule has 0 radical (unpaired) electrons. The number of nitrogens with zero attached hydrogens (tertiary/aromatic N) is 1. The van der Waals surface area contributed by atoms with Gasteiger partial charge in [-0.2, -0.15) is 4.31 Å². The smallest absolute Gasteiger partial charge is 0.322 e. The molecule has 0 amide bonds. The number of carboxylic acids is 1.